The summed E-state index contributed by atoms with van der Waals surface area (Å²) in [6, 6.07) is 4.03. The van der Waals surface area contributed by atoms with Crippen LogP contribution in [-0.2, 0) is 6.54 Å². The Kier molecular flexibility index (Phi) is 3.08. The van der Waals surface area contributed by atoms with Gasteiger partial charge in [-0.05, 0) is 30.8 Å². The van der Waals surface area contributed by atoms with E-state index in [-0.39, 0.29) is 0 Å². The maximum atomic E-state index is 4.93. The third kappa shape index (κ3) is 2.84. The normalized spacial score (nSPS) is 10.2. The van der Waals surface area contributed by atoms with Gasteiger partial charge in [0.25, 0.3) is 0 Å². The number of H-pyrrole nitrogens is 1. The van der Waals surface area contributed by atoms with Crippen molar-refractivity contribution in [2.45, 2.75) is 13.5 Å². The maximum Gasteiger partial charge on any atom is 0.204 e. The van der Waals surface area contributed by atoms with Gasteiger partial charge in [-0.3, -0.25) is 10.1 Å². The summed E-state index contributed by atoms with van der Waals surface area (Å²) in [6.45, 7) is 2.68. The van der Waals surface area contributed by atoms with Crippen molar-refractivity contribution in [2.75, 3.05) is 5.32 Å². The fourth-order valence-electron chi connectivity index (χ4n) is 1.09. The Bertz CT molecular complexity index is 485. The largest absolute Gasteiger partial charge is 0.356 e. The number of aromatic amines is 1. The molecule has 4 nitrogen and oxygen atoms in total. The fraction of sp³-hybridized carbons (Fsp3) is 0.222. The van der Waals surface area contributed by atoms with Crippen molar-refractivity contribution in [3.8, 4) is 0 Å². The highest BCUT2D eigenvalue weighted by Gasteiger charge is 1.97. The highest BCUT2D eigenvalue weighted by atomic mass is 32.1. The summed E-state index contributed by atoms with van der Waals surface area (Å²) < 4.78 is 0.680. The predicted molar refractivity (Wildman–Crippen MR) is 63.6 cm³/mol. The quantitative estimate of drug-likeness (QED) is 0.807. The number of aryl methyl sites for hydroxylation is 1. The lowest BCUT2D eigenvalue weighted by atomic mass is 10.2. The van der Waals surface area contributed by atoms with Gasteiger partial charge >= 0.3 is 0 Å². The van der Waals surface area contributed by atoms with Gasteiger partial charge in [0, 0.05) is 18.4 Å². The molecule has 0 atom stereocenters. The Hall–Kier alpha value is -1.27. The van der Waals surface area contributed by atoms with Gasteiger partial charge in [-0.15, -0.1) is 5.10 Å². The lowest BCUT2D eigenvalue weighted by Crippen LogP contribution is -1.99. The Balaban J connectivity index is 1.99. The van der Waals surface area contributed by atoms with Crippen LogP contribution >= 0.6 is 23.6 Å². The second kappa shape index (κ2) is 4.50. The average molecular weight is 238 g/mol. The highest BCUT2D eigenvalue weighted by Crippen LogP contribution is 2.12. The van der Waals surface area contributed by atoms with Crippen molar-refractivity contribution in [3.05, 3.63) is 33.5 Å². The molecule has 0 aromatic carbocycles. The van der Waals surface area contributed by atoms with Crippen LogP contribution in [0.5, 0.6) is 0 Å². The zero-order chi connectivity index (χ0) is 10.7. The van der Waals surface area contributed by atoms with E-state index < -0.39 is 0 Å². The zero-order valence-corrected chi connectivity index (χ0v) is 9.78. The topological polar surface area (TPSA) is 53.6 Å². The molecule has 15 heavy (non-hydrogen) atoms. The Morgan fingerprint density at radius 1 is 1.53 bits per heavy atom. The van der Waals surface area contributed by atoms with E-state index in [0.29, 0.717) is 10.5 Å². The molecule has 0 radical (unpaired) electrons. The van der Waals surface area contributed by atoms with Crippen LogP contribution in [-0.4, -0.2) is 15.2 Å². The number of hydrogen-bond acceptors (Lipinski definition) is 5. The van der Waals surface area contributed by atoms with Crippen LogP contribution < -0.4 is 5.32 Å². The van der Waals surface area contributed by atoms with Gasteiger partial charge in [0.2, 0.25) is 5.13 Å². The Labute approximate surface area is 96.4 Å². The molecule has 0 amide bonds. The molecule has 2 N–H and O–H groups in total. The summed E-state index contributed by atoms with van der Waals surface area (Å²) in [6.07, 6.45) is 1.86. The number of nitrogens with zero attached hydrogens (tertiary/aromatic N) is 2. The minimum Gasteiger partial charge on any atom is -0.356 e. The molecule has 0 saturated heterocycles. The summed E-state index contributed by atoms with van der Waals surface area (Å²) in [5.41, 5.74) is 2.15. The van der Waals surface area contributed by atoms with Gasteiger partial charge in [0.1, 0.15) is 0 Å². The predicted octanol–water partition coefficient (Wildman–Crippen LogP) is 2.52. The lowest BCUT2D eigenvalue weighted by molar-refractivity contribution is 1.03. The van der Waals surface area contributed by atoms with Gasteiger partial charge in [0.05, 0.1) is 0 Å². The summed E-state index contributed by atoms with van der Waals surface area (Å²) in [5.74, 6) is 0. The molecule has 0 aliphatic rings. The monoisotopic (exact) mass is 238 g/mol. The van der Waals surface area contributed by atoms with E-state index >= 15 is 0 Å². The smallest absolute Gasteiger partial charge is 0.204 e. The first kappa shape index (κ1) is 10.3. The fourth-order valence-corrected chi connectivity index (χ4v) is 1.87. The van der Waals surface area contributed by atoms with Gasteiger partial charge in [-0.1, -0.05) is 17.4 Å². The third-order valence-corrected chi connectivity index (χ3v) is 2.90. The van der Waals surface area contributed by atoms with Crippen LogP contribution in [0.1, 0.15) is 11.3 Å². The molecule has 2 rings (SSSR count). The van der Waals surface area contributed by atoms with Crippen LogP contribution in [0, 0.1) is 10.9 Å². The van der Waals surface area contributed by atoms with Crippen molar-refractivity contribution in [1.82, 2.24) is 15.2 Å². The molecule has 0 unspecified atom stereocenters. The van der Waals surface area contributed by atoms with Crippen LogP contribution in [0.4, 0.5) is 5.13 Å². The van der Waals surface area contributed by atoms with Crippen LogP contribution in [0.25, 0.3) is 0 Å². The van der Waals surface area contributed by atoms with E-state index in [9.17, 15) is 0 Å². The van der Waals surface area contributed by atoms with E-state index in [4.69, 9.17) is 12.2 Å². The van der Waals surface area contributed by atoms with E-state index in [1.165, 1.54) is 11.3 Å². The van der Waals surface area contributed by atoms with Crippen molar-refractivity contribution in [2.24, 2.45) is 0 Å². The molecule has 2 aromatic rings. The summed E-state index contributed by atoms with van der Waals surface area (Å²) >= 11 is 6.36. The molecule has 0 saturated carbocycles. The van der Waals surface area contributed by atoms with Gasteiger partial charge in [-0.25, -0.2) is 0 Å². The van der Waals surface area contributed by atoms with Crippen molar-refractivity contribution in [3.63, 3.8) is 0 Å². The second-order valence-corrected chi connectivity index (χ2v) is 4.75. The van der Waals surface area contributed by atoms with Gasteiger partial charge in [-0.2, -0.15) is 0 Å². The SMILES string of the molecule is Cc1ccc(CNc2n[nH]c(=S)s2)cn1. The van der Waals surface area contributed by atoms with Crippen LogP contribution in [0.3, 0.4) is 0 Å². The molecule has 0 fully saturated rings. The second-order valence-electron chi connectivity index (χ2n) is 3.08. The minimum atomic E-state index is 0.680. The molecule has 0 spiro atoms. The van der Waals surface area contributed by atoms with Gasteiger partial charge in [0.15, 0.2) is 3.95 Å². The molecule has 6 heteroatoms. The first-order valence-electron chi connectivity index (χ1n) is 4.45. The number of anilines is 1. The van der Waals surface area contributed by atoms with E-state index in [1.807, 2.05) is 25.3 Å². The standard InChI is InChI=1S/C9H10N4S2/c1-6-2-3-7(4-10-6)5-11-8-12-13-9(14)15-8/h2-4H,5H2,1H3,(H,11,12)(H,13,14). The van der Waals surface area contributed by atoms with E-state index in [2.05, 4.69) is 20.5 Å². The molecule has 2 heterocycles. The van der Waals surface area contributed by atoms with Crippen molar-refractivity contribution >= 4 is 28.7 Å². The number of rotatable bonds is 3. The van der Waals surface area contributed by atoms with Crippen LogP contribution in [0.15, 0.2) is 18.3 Å². The highest BCUT2D eigenvalue weighted by molar-refractivity contribution is 7.73. The summed E-state index contributed by atoms with van der Waals surface area (Å²) in [4.78, 5) is 4.21. The van der Waals surface area contributed by atoms with Crippen molar-refractivity contribution in [1.29, 1.82) is 0 Å². The Morgan fingerprint density at radius 2 is 2.40 bits per heavy atom. The zero-order valence-electron chi connectivity index (χ0n) is 8.15. The molecular formula is C9H10N4S2. The number of hydrogen-bond donors (Lipinski definition) is 2. The van der Waals surface area contributed by atoms with Gasteiger partial charge < -0.3 is 5.32 Å². The first-order chi connectivity index (χ1) is 7.24. The Morgan fingerprint density at radius 3 is 3.00 bits per heavy atom. The molecular weight excluding hydrogens is 228 g/mol. The molecule has 0 aliphatic carbocycles. The number of nitrogens with one attached hydrogen (secondary N) is 2. The average Bonchev–Trinajstić information content (AvgIpc) is 2.64. The summed E-state index contributed by atoms with van der Waals surface area (Å²) in [7, 11) is 0. The molecule has 0 aliphatic heterocycles. The van der Waals surface area contributed by atoms with E-state index in [0.717, 1.165) is 16.4 Å². The van der Waals surface area contributed by atoms with Crippen LogP contribution in [0.2, 0.25) is 0 Å². The maximum absolute atomic E-state index is 4.93. The minimum absolute atomic E-state index is 0.680. The third-order valence-electron chi connectivity index (χ3n) is 1.85. The number of pyridine rings is 1. The number of aromatic nitrogens is 3. The molecule has 0 bridgehead atoms. The molecule has 2 aromatic heterocycles. The first-order valence-corrected chi connectivity index (χ1v) is 5.67. The molecule has 78 valence electrons. The van der Waals surface area contributed by atoms with Crippen molar-refractivity contribution < 1.29 is 0 Å². The summed E-state index contributed by atoms with van der Waals surface area (Å²) in [5, 5.41) is 10.7. The lowest BCUT2D eigenvalue weighted by Gasteiger charge is -2.01. The van der Waals surface area contributed by atoms with E-state index in [1.54, 1.807) is 0 Å².